The van der Waals surface area contributed by atoms with Gasteiger partial charge in [0, 0.05) is 6.04 Å². The Bertz CT molecular complexity index is 326. The molecule has 1 fully saturated rings. The van der Waals surface area contributed by atoms with E-state index < -0.39 is 12.5 Å². The van der Waals surface area contributed by atoms with Gasteiger partial charge in [-0.05, 0) is 24.1 Å². The minimum atomic E-state index is -2.39. The van der Waals surface area contributed by atoms with Gasteiger partial charge in [0.15, 0.2) is 0 Å². The number of hydrogen-bond donors (Lipinski definition) is 2. The molecule has 2 rings (SSSR count). The first-order valence-electron chi connectivity index (χ1n) is 4.71. The van der Waals surface area contributed by atoms with E-state index in [1.807, 2.05) is 0 Å². The fourth-order valence-corrected chi connectivity index (χ4v) is 1.66. The normalized spacial score (nSPS) is 26.1. The second-order valence-electron chi connectivity index (χ2n) is 3.57. The molecule has 0 aromatic heterocycles. The zero-order chi connectivity index (χ0) is 10.8. The van der Waals surface area contributed by atoms with Crippen LogP contribution in [0.2, 0.25) is 0 Å². The maximum absolute atomic E-state index is 12.6. The van der Waals surface area contributed by atoms with E-state index in [4.69, 9.17) is 0 Å². The Balaban J connectivity index is 2.04. The number of benzene rings is 1. The molecule has 1 heterocycles. The van der Waals surface area contributed by atoms with E-state index in [0.717, 1.165) is 5.56 Å². The summed E-state index contributed by atoms with van der Waals surface area (Å²) in [6.45, 7) is 0. The maximum Gasteiger partial charge on any atom is 0.255 e. The van der Waals surface area contributed by atoms with E-state index in [0.29, 0.717) is 6.42 Å². The molecule has 1 aromatic rings. The number of alkyl halides is 2. The maximum atomic E-state index is 12.6. The molecule has 2 atom stereocenters. The zero-order valence-corrected chi connectivity index (χ0v) is 7.88. The van der Waals surface area contributed by atoms with E-state index in [2.05, 4.69) is 10.9 Å². The van der Waals surface area contributed by atoms with Crippen molar-refractivity contribution in [2.75, 3.05) is 0 Å². The molecule has 2 unspecified atom stereocenters. The largest absolute Gasteiger partial charge is 0.255 e. The first kappa shape index (κ1) is 10.4. The van der Waals surface area contributed by atoms with Crippen LogP contribution in [0, 0.1) is 5.82 Å². The lowest BCUT2D eigenvalue weighted by Crippen LogP contribution is -2.35. The minimum absolute atomic E-state index is 0.176. The molecular weight excluding hydrogens is 205 g/mol. The third-order valence-electron chi connectivity index (χ3n) is 2.51. The first-order valence-corrected chi connectivity index (χ1v) is 4.71. The van der Waals surface area contributed by atoms with E-state index >= 15 is 0 Å². The molecule has 1 aliphatic rings. The van der Waals surface area contributed by atoms with Crippen LogP contribution in [0.5, 0.6) is 0 Å². The van der Waals surface area contributed by atoms with Crippen LogP contribution in [0.25, 0.3) is 0 Å². The predicted molar refractivity (Wildman–Crippen MR) is 49.8 cm³/mol. The fourth-order valence-electron chi connectivity index (χ4n) is 1.66. The van der Waals surface area contributed by atoms with E-state index in [1.165, 1.54) is 12.1 Å². The fraction of sp³-hybridized carbons (Fsp3) is 0.400. The standard InChI is InChI=1S/C10H11F3N2/c11-7-3-1-6(2-4-7)8-5-9(10(12)13)15-14-8/h1-4,8-10,14-15H,5H2. The van der Waals surface area contributed by atoms with Crippen molar-refractivity contribution in [1.82, 2.24) is 10.9 Å². The van der Waals surface area contributed by atoms with Gasteiger partial charge < -0.3 is 0 Å². The van der Waals surface area contributed by atoms with Crippen molar-refractivity contribution in [2.45, 2.75) is 24.9 Å². The summed E-state index contributed by atoms with van der Waals surface area (Å²) >= 11 is 0. The van der Waals surface area contributed by atoms with Crippen LogP contribution in [0.15, 0.2) is 24.3 Å². The molecule has 5 heteroatoms. The third kappa shape index (κ3) is 2.30. The minimum Gasteiger partial charge on any atom is -0.250 e. The van der Waals surface area contributed by atoms with Gasteiger partial charge in [0.2, 0.25) is 0 Å². The molecule has 1 aromatic carbocycles. The summed E-state index contributed by atoms with van der Waals surface area (Å²) < 4.78 is 37.3. The average molecular weight is 216 g/mol. The van der Waals surface area contributed by atoms with Gasteiger partial charge in [-0.2, -0.15) is 0 Å². The second kappa shape index (κ2) is 4.20. The van der Waals surface area contributed by atoms with Crippen LogP contribution in [-0.4, -0.2) is 12.5 Å². The van der Waals surface area contributed by atoms with E-state index in [1.54, 1.807) is 12.1 Å². The lowest BCUT2D eigenvalue weighted by molar-refractivity contribution is 0.104. The summed E-state index contributed by atoms with van der Waals surface area (Å²) in [7, 11) is 0. The van der Waals surface area contributed by atoms with Crippen LogP contribution in [0.4, 0.5) is 13.2 Å². The van der Waals surface area contributed by atoms with Crippen LogP contribution in [-0.2, 0) is 0 Å². The summed E-state index contributed by atoms with van der Waals surface area (Å²) in [4.78, 5) is 0. The van der Waals surface area contributed by atoms with Gasteiger partial charge >= 0.3 is 0 Å². The molecule has 1 saturated heterocycles. The summed E-state index contributed by atoms with van der Waals surface area (Å²) in [6.07, 6.45) is -2.08. The Morgan fingerprint density at radius 1 is 1.13 bits per heavy atom. The molecule has 0 spiro atoms. The smallest absolute Gasteiger partial charge is 0.250 e. The molecule has 0 bridgehead atoms. The van der Waals surface area contributed by atoms with Crippen molar-refractivity contribution in [3.05, 3.63) is 35.6 Å². The molecule has 0 amide bonds. The topological polar surface area (TPSA) is 24.1 Å². The van der Waals surface area contributed by atoms with Gasteiger partial charge in [0.05, 0.1) is 6.04 Å². The van der Waals surface area contributed by atoms with E-state index in [9.17, 15) is 13.2 Å². The Labute approximate surface area is 85.5 Å². The van der Waals surface area contributed by atoms with Crippen molar-refractivity contribution in [2.24, 2.45) is 0 Å². The van der Waals surface area contributed by atoms with Gasteiger partial charge in [-0.15, -0.1) is 0 Å². The quantitative estimate of drug-likeness (QED) is 0.790. The third-order valence-corrected chi connectivity index (χ3v) is 2.51. The molecule has 0 saturated carbocycles. The molecule has 15 heavy (non-hydrogen) atoms. The highest BCUT2D eigenvalue weighted by molar-refractivity contribution is 5.21. The summed E-state index contributed by atoms with van der Waals surface area (Å²) in [5, 5.41) is 0. The van der Waals surface area contributed by atoms with Gasteiger partial charge in [-0.25, -0.2) is 24.0 Å². The summed E-state index contributed by atoms with van der Waals surface area (Å²) in [5.41, 5.74) is 6.11. The molecule has 0 aliphatic carbocycles. The monoisotopic (exact) mass is 216 g/mol. The van der Waals surface area contributed by atoms with Crippen molar-refractivity contribution < 1.29 is 13.2 Å². The molecule has 1 aliphatic heterocycles. The molecule has 0 radical (unpaired) electrons. The number of rotatable bonds is 2. The van der Waals surface area contributed by atoms with Crippen LogP contribution in [0.1, 0.15) is 18.0 Å². The van der Waals surface area contributed by atoms with Gasteiger partial charge in [0.25, 0.3) is 6.43 Å². The Kier molecular flexibility index (Phi) is 2.93. The SMILES string of the molecule is Fc1ccc(C2CC(C(F)F)NN2)cc1. The predicted octanol–water partition coefficient (Wildman–Crippen LogP) is 2.00. The zero-order valence-electron chi connectivity index (χ0n) is 7.88. The first-order chi connectivity index (χ1) is 7.16. The molecule has 2 N–H and O–H groups in total. The highest BCUT2D eigenvalue weighted by Gasteiger charge is 2.30. The van der Waals surface area contributed by atoms with E-state index in [-0.39, 0.29) is 11.9 Å². The average Bonchev–Trinajstić information content (AvgIpc) is 2.68. The van der Waals surface area contributed by atoms with Crippen LogP contribution >= 0.6 is 0 Å². The number of hydrogen-bond acceptors (Lipinski definition) is 2. The van der Waals surface area contributed by atoms with Crippen molar-refractivity contribution in [1.29, 1.82) is 0 Å². The van der Waals surface area contributed by atoms with Crippen LogP contribution < -0.4 is 10.9 Å². The number of halogens is 3. The van der Waals surface area contributed by atoms with Gasteiger partial charge in [-0.1, -0.05) is 12.1 Å². The highest BCUT2D eigenvalue weighted by Crippen LogP contribution is 2.24. The molecule has 2 nitrogen and oxygen atoms in total. The van der Waals surface area contributed by atoms with Gasteiger partial charge in [0.1, 0.15) is 5.82 Å². The Hall–Kier alpha value is -1.07. The number of hydrazine groups is 1. The van der Waals surface area contributed by atoms with Crippen LogP contribution in [0.3, 0.4) is 0 Å². The van der Waals surface area contributed by atoms with Crippen molar-refractivity contribution >= 4 is 0 Å². The second-order valence-corrected chi connectivity index (χ2v) is 3.57. The highest BCUT2D eigenvalue weighted by atomic mass is 19.3. The molecule has 82 valence electrons. The Morgan fingerprint density at radius 2 is 1.80 bits per heavy atom. The summed E-state index contributed by atoms with van der Waals surface area (Å²) in [5.74, 6) is -0.324. The lowest BCUT2D eigenvalue weighted by Gasteiger charge is -2.09. The van der Waals surface area contributed by atoms with Crippen molar-refractivity contribution in [3.63, 3.8) is 0 Å². The number of nitrogens with one attached hydrogen (secondary N) is 2. The summed E-state index contributed by atoms with van der Waals surface area (Å²) in [6, 6.07) is 4.84. The van der Waals surface area contributed by atoms with Gasteiger partial charge in [-0.3, -0.25) is 0 Å². The Morgan fingerprint density at radius 3 is 2.33 bits per heavy atom. The van der Waals surface area contributed by atoms with Crippen molar-refractivity contribution in [3.8, 4) is 0 Å². The molecular formula is C10H11F3N2. The lowest BCUT2D eigenvalue weighted by atomic mass is 10.0.